The molecule has 8 nitrogen and oxygen atoms in total. The number of aromatic amines is 1. The van der Waals surface area contributed by atoms with E-state index in [4.69, 9.17) is 5.73 Å². The van der Waals surface area contributed by atoms with Gasteiger partial charge in [0.05, 0.1) is 12.4 Å². The first-order valence-corrected chi connectivity index (χ1v) is 8.38. The highest BCUT2D eigenvalue weighted by Crippen LogP contribution is 2.06. The average molecular weight is 382 g/mol. The molecule has 1 aromatic heterocycles. The van der Waals surface area contributed by atoms with Gasteiger partial charge < -0.3 is 21.1 Å². The van der Waals surface area contributed by atoms with Crippen LogP contribution in [-0.4, -0.2) is 50.7 Å². The zero-order valence-corrected chi connectivity index (χ0v) is 15.3. The molecule has 0 unspecified atom stereocenters. The summed E-state index contributed by atoms with van der Waals surface area (Å²) in [5, 5.41) is 28.2. The number of unbranched alkanes of at least 4 members (excludes halogenated alkanes) is 1. The average Bonchev–Trinajstić information content (AvgIpc) is 3.01. The van der Waals surface area contributed by atoms with Crippen LogP contribution < -0.4 is 11.1 Å². The molecular formula is C16H25BClN5O3. The van der Waals surface area contributed by atoms with E-state index in [1.165, 1.54) is 0 Å². The van der Waals surface area contributed by atoms with Crippen molar-refractivity contribution < 1.29 is 14.8 Å². The molecule has 0 bridgehead atoms. The normalized spacial score (nSPS) is 11.5. The fourth-order valence-corrected chi connectivity index (χ4v) is 2.49. The smallest absolute Gasteiger partial charge is 0.426 e. The van der Waals surface area contributed by atoms with Crippen LogP contribution in [0, 0.1) is 0 Å². The molecule has 10 heteroatoms. The fraction of sp³-hybridized carbons (Fsp3) is 0.438. The molecule has 6 N–H and O–H groups in total. The van der Waals surface area contributed by atoms with Crippen molar-refractivity contribution in [3.8, 4) is 0 Å². The Morgan fingerprint density at radius 2 is 2.00 bits per heavy atom. The van der Waals surface area contributed by atoms with E-state index in [1.807, 2.05) is 30.3 Å². The second-order valence-corrected chi connectivity index (χ2v) is 5.91. The second kappa shape index (κ2) is 11.6. The van der Waals surface area contributed by atoms with Gasteiger partial charge in [0, 0.05) is 6.42 Å². The van der Waals surface area contributed by atoms with Crippen molar-refractivity contribution in [1.82, 2.24) is 20.5 Å². The third-order valence-corrected chi connectivity index (χ3v) is 3.79. The lowest BCUT2D eigenvalue weighted by molar-refractivity contribution is -0.121. The van der Waals surface area contributed by atoms with E-state index in [-0.39, 0.29) is 24.7 Å². The zero-order valence-electron chi connectivity index (χ0n) is 14.5. The van der Waals surface area contributed by atoms with E-state index in [0.717, 1.165) is 12.0 Å². The monoisotopic (exact) mass is 381 g/mol. The molecule has 0 aliphatic heterocycles. The van der Waals surface area contributed by atoms with E-state index in [2.05, 4.69) is 20.5 Å². The van der Waals surface area contributed by atoms with E-state index in [1.54, 1.807) is 0 Å². The summed E-state index contributed by atoms with van der Waals surface area (Å²) in [6.07, 6.45) is 2.51. The van der Waals surface area contributed by atoms with Crippen LogP contribution >= 0.6 is 12.4 Å². The highest BCUT2D eigenvalue weighted by atomic mass is 35.5. The van der Waals surface area contributed by atoms with Gasteiger partial charge >= 0.3 is 7.12 Å². The maximum atomic E-state index is 12.1. The van der Waals surface area contributed by atoms with Gasteiger partial charge in [0.25, 0.3) is 0 Å². The van der Waals surface area contributed by atoms with Gasteiger partial charge in [0.2, 0.25) is 5.91 Å². The molecule has 0 aliphatic rings. The lowest BCUT2D eigenvalue weighted by atomic mass is 9.76. The summed E-state index contributed by atoms with van der Waals surface area (Å²) in [7, 11) is -1.61. The Labute approximate surface area is 159 Å². The number of nitrogens with zero attached hydrogens (tertiary/aromatic N) is 2. The lowest BCUT2D eigenvalue weighted by Gasteiger charge is -2.17. The Kier molecular flexibility index (Phi) is 9.89. The van der Waals surface area contributed by atoms with Gasteiger partial charge in [-0.15, -0.1) is 12.4 Å². The number of aromatic nitrogens is 3. The minimum Gasteiger partial charge on any atom is -0.426 e. The van der Waals surface area contributed by atoms with Crippen LogP contribution in [0.5, 0.6) is 0 Å². The van der Waals surface area contributed by atoms with Gasteiger partial charge in [-0.3, -0.25) is 9.89 Å². The van der Waals surface area contributed by atoms with E-state index >= 15 is 0 Å². The molecule has 2 aromatic rings. The number of amides is 1. The number of nitrogens with two attached hydrogens (primary N) is 1. The van der Waals surface area contributed by atoms with Gasteiger partial charge in [-0.05, 0) is 24.9 Å². The SMILES string of the molecule is Cl.NCCCC[C@H](NC(=O)Cc1n[nH]c(Cc2ccccc2)n1)B(O)O. The highest BCUT2D eigenvalue weighted by Gasteiger charge is 2.25. The summed E-state index contributed by atoms with van der Waals surface area (Å²) in [6, 6.07) is 9.82. The van der Waals surface area contributed by atoms with Crippen molar-refractivity contribution in [2.75, 3.05) is 6.54 Å². The van der Waals surface area contributed by atoms with E-state index in [9.17, 15) is 14.8 Å². The quantitative estimate of drug-likeness (QED) is 0.290. The van der Waals surface area contributed by atoms with Crippen LogP contribution in [0.3, 0.4) is 0 Å². The van der Waals surface area contributed by atoms with Crippen molar-refractivity contribution in [3.05, 3.63) is 47.5 Å². The van der Waals surface area contributed by atoms with E-state index < -0.39 is 13.1 Å². The molecule has 0 fully saturated rings. The van der Waals surface area contributed by atoms with Crippen molar-refractivity contribution in [2.45, 2.75) is 38.0 Å². The summed E-state index contributed by atoms with van der Waals surface area (Å²) in [5.41, 5.74) is 6.51. The number of rotatable bonds is 10. The Bertz CT molecular complexity index is 656. The first-order valence-electron chi connectivity index (χ1n) is 8.38. The molecule has 2 rings (SSSR count). The summed E-state index contributed by atoms with van der Waals surface area (Å²) in [6.45, 7) is 0.531. The molecule has 0 radical (unpaired) electrons. The zero-order chi connectivity index (χ0) is 18.1. The molecule has 1 amide bonds. The molecule has 1 aromatic carbocycles. The molecule has 0 saturated carbocycles. The number of carbonyl (C=O) groups excluding carboxylic acids is 1. The largest absolute Gasteiger partial charge is 0.475 e. The van der Waals surface area contributed by atoms with Crippen LogP contribution in [0.2, 0.25) is 0 Å². The van der Waals surface area contributed by atoms with Crippen molar-refractivity contribution in [3.63, 3.8) is 0 Å². The molecule has 26 heavy (non-hydrogen) atoms. The minimum absolute atomic E-state index is 0. The summed E-state index contributed by atoms with van der Waals surface area (Å²) in [4.78, 5) is 16.4. The lowest BCUT2D eigenvalue weighted by Crippen LogP contribution is -2.47. The van der Waals surface area contributed by atoms with Gasteiger partial charge in [0.15, 0.2) is 5.82 Å². The van der Waals surface area contributed by atoms with Crippen molar-refractivity contribution in [2.24, 2.45) is 5.73 Å². The highest BCUT2D eigenvalue weighted by molar-refractivity contribution is 6.43. The Morgan fingerprint density at radius 1 is 1.27 bits per heavy atom. The summed E-state index contributed by atoms with van der Waals surface area (Å²) in [5.74, 6) is -0.0230. The standard InChI is InChI=1S/C16H24BN5O3.ClH/c18-9-5-4-8-13(17(24)25)19-16(23)11-15-20-14(21-22-15)10-12-6-2-1-3-7-12;/h1-3,6-7,13,24-25H,4-5,8-11,18H2,(H,19,23)(H,20,21,22);1H/t13-;/m0./s1. The number of halogens is 1. The number of nitrogens with one attached hydrogen (secondary N) is 2. The number of hydrogen-bond donors (Lipinski definition) is 5. The molecule has 142 valence electrons. The topological polar surface area (TPSA) is 137 Å². The molecule has 0 spiro atoms. The fourth-order valence-electron chi connectivity index (χ4n) is 2.49. The third-order valence-electron chi connectivity index (χ3n) is 3.79. The van der Waals surface area contributed by atoms with Gasteiger partial charge in [-0.1, -0.05) is 36.8 Å². The predicted octanol–water partition coefficient (Wildman–Crippen LogP) is -0.0144. The van der Waals surface area contributed by atoms with Crippen LogP contribution in [0.1, 0.15) is 36.5 Å². The van der Waals surface area contributed by atoms with Gasteiger partial charge in [-0.2, -0.15) is 5.10 Å². The molecule has 1 atom stereocenters. The predicted molar refractivity (Wildman–Crippen MR) is 102 cm³/mol. The van der Waals surface area contributed by atoms with Crippen molar-refractivity contribution in [1.29, 1.82) is 0 Å². The Balaban J connectivity index is 0.00000338. The maximum absolute atomic E-state index is 12.1. The molecular weight excluding hydrogens is 356 g/mol. The Hall–Kier alpha value is -1.94. The van der Waals surface area contributed by atoms with Gasteiger partial charge in [-0.25, -0.2) is 4.98 Å². The number of H-pyrrole nitrogens is 1. The number of hydrogen-bond acceptors (Lipinski definition) is 6. The Morgan fingerprint density at radius 3 is 2.65 bits per heavy atom. The maximum Gasteiger partial charge on any atom is 0.475 e. The third kappa shape index (κ3) is 7.53. The van der Waals surface area contributed by atoms with Crippen LogP contribution in [-0.2, 0) is 17.6 Å². The first-order chi connectivity index (χ1) is 12.1. The number of benzene rings is 1. The van der Waals surface area contributed by atoms with Gasteiger partial charge in [0.1, 0.15) is 5.82 Å². The number of carbonyl (C=O) groups is 1. The second-order valence-electron chi connectivity index (χ2n) is 5.91. The summed E-state index contributed by atoms with van der Waals surface area (Å²) >= 11 is 0. The van der Waals surface area contributed by atoms with Crippen LogP contribution in [0.25, 0.3) is 0 Å². The minimum atomic E-state index is -1.61. The summed E-state index contributed by atoms with van der Waals surface area (Å²) < 4.78 is 0. The van der Waals surface area contributed by atoms with Crippen LogP contribution in [0.15, 0.2) is 30.3 Å². The van der Waals surface area contributed by atoms with Crippen molar-refractivity contribution >= 4 is 25.4 Å². The molecule has 0 saturated heterocycles. The molecule has 1 heterocycles. The van der Waals surface area contributed by atoms with E-state index in [0.29, 0.717) is 37.5 Å². The first kappa shape index (κ1) is 22.1. The molecule has 0 aliphatic carbocycles. The van der Waals surface area contributed by atoms with Crippen LogP contribution in [0.4, 0.5) is 0 Å².